The molecule has 176 valence electrons. The van der Waals surface area contributed by atoms with Crippen molar-refractivity contribution in [3.05, 3.63) is 42.0 Å². The Morgan fingerprint density at radius 3 is 2.28 bits per heavy atom. The molecule has 1 saturated heterocycles. The molecule has 0 aromatic heterocycles. The van der Waals surface area contributed by atoms with Crippen molar-refractivity contribution in [3.63, 3.8) is 0 Å². The lowest BCUT2D eigenvalue weighted by Crippen LogP contribution is -2.40. The lowest BCUT2D eigenvalue weighted by atomic mass is 9.70. The van der Waals surface area contributed by atoms with Crippen molar-refractivity contribution in [2.75, 3.05) is 6.61 Å². The summed E-state index contributed by atoms with van der Waals surface area (Å²) in [6.45, 7) is 5.96. The van der Waals surface area contributed by atoms with Crippen LogP contribution in [0, 0.1) is 35.3 Å². The summed E-state index contributed by atoms with van der Waals surface area (Å²) < 4.78 is 40.0. The lowest BCUT2D eigenvalue weighted by molar-refractivity contribution is -0.168. The molecular weight excluding hydrogens is 410 g/mol. The largest absolute Gasteiger partial charge is 0.491 e. The van der Waals surface area contributed by atoms with Crippen molar-refractivity contribution in [2.24, 2.45) is 23.7 Å². The molecule has 1 aromatic carbocycles. The number of rotatable bonds is 6. The highest BCUT2D eigenvalue weighted by atomic mass is 19.2. The maximum absolute atomic E-state index is 14.6. The van der Waals surface area contributed by atoms with Gasteiger partial charge in [0, 0.05) is 0 Å². The first kappa shape index (κ1) is 23.3. The van der Waals surface area contributed by atoms with E-state index in [1.165, 1.54) is 6.07 Å². The summed E-state index contributed by atoms with van der Waals surface area (Å²) in [5.74, 6) is -0.407. The van der Waals surface area contributed by atoms with Gasteiger partial charge >= 0.3 is 5.97 Å². The van der Waals surface area contributed by atoms with Crippen LogP contribution in [0.1, 0.15) is 82.6 Å². The van der Waals surface area contributed by atoms with E-state index in [4.69, 9.17) is 9.47 Å². The van der Waals surface area contributed by atoms with Crippen LogP contribution in [-0.2, 0) is 9.53 Å². The van der Waals surface area contributed by atoms with Crippen LogP contribution in [0.25, 0.3) is 0 Å². The summed E-state index contributed by atoms with van der Waals surface area (Å²) >= 11 is 0. The van der Waals surface area contributed by atoms with Gasteiger partial charge in [-0.2, -0.15) is 4.39 Å². The number of hydrogen-bond donors (Lipinski definition) is 0. The average molecular weight is 447 g/mol. The number of halogens is 2. The highest BCUT2D eigenvalue weighted by Crippen LogP contribution is 2.44. The van der Waals surface area contributed by atoms with Gasteiger partial charge in [0.15, 0.2) is 11.6 Å². The van der Waals surface area contributed by atoms with Gasteiger partial charge in [-0.1, -0.05) is 12.1 Å². The topological polar surface area (TPSA) is 35.5 Å². The molecule has 2 unspecified atom stereocenters. The normalized spacial score (nSPS) is 33.4. The molecule has 32 heavy (non-hydrogen) atoms. The first-order valence-corrected chi connectivity index (χ1v) is 12.5. The van der Waals surface area contributed by atoms with E-state index in [1.54, 1.807) is 13.0 Å². The standard InChI is InChI=1S/C27H36F2O3/c1-3-17-5-7-20(8-6-17)23-15-14-22(27(30)32-23)19-11-9-18(10-12-19)21-13-16-24(31-4-2)26(29)25(21)28/h3,13,16-20,22-23H,1,4-12,14-15H2,2H3. The van der Waals surface area contributed by atoms with Crippen molar-refractivity contribution in [1.82, 2.24) is 0 Å². The molecule has 0 bridgehead atoms. The van der Waals surface area contributed by atoms with E-state index in [9.17, 15) is 13.6 Å². The molecule has 4 rings (SSSR count). The summed E-state index contributed by atoms with van der Waals surface area (Å²) in [5.41, 5.74) is 0.436. The maximum Gasteiger partial charge on any atom is 0.309 e. The minimum absolute atomic E-state index is 0.0103. The molecule has 3 fully saturated rings. The van der Waals surface area contributed by atoms with Crippen molar-refractivity contribution < 1.29 is 23.0 Å². The second-order valence-electron chi connectivity index (χ2n) is 9.90. The van der Waals surface area contributed by atoms with Gasteiger partial charge in [0.2, 0.25) is 5.82 Å². The summed E-state index contributed by atoms with van der Waals surface area (Å²) in [7, 11) is 0. The second-order valence-corrected chi connectivity index (χ2v) is 9.90. The first-order chi connectivity index (χ1) is 15.5. The van der Waals surface area contributed by atoms with Crippen molar-refractivity contribution in [3.8, 4) is 5.75 Å². The Morgan fingerprint density at radius 1 is 0.969 bits per heavy atom. The molecule has 3 aliphatic rings. The van der Waals surface area contributed by atoms with Crippen LogP contribution in [0.4, 0.5) is 8.78 Å². The van der Waals surface area contributed by atoms with Gasteiger partial charge in [-0.3, -0.25) is 4.79 Å². The van der Waals surface area contributed by atoms with Gasteiger partial charge < -0.3 is 9.47 Å². The fraction of sp³-hybridized carbons (Fsp3) is 0.667. The number of hydrogen-bond acceptors (Lipinski definition) is 3. The number of allylic oxidation sites excluding steroid dienone is 1. The van der Waals surface area contributed by atoms with E-state index in [0.29, 0.717) is 24.0 Å². The van der Waals surface area contributed by atoms with E-state index in [0.717, 1.165) is 64.2 Å². The Kier molecular flexibility index (Phi) is 7.52. The molecule has 2 aliphatic carbocycles. The van der Waals surface area contributed by atoms with Gasteiger partial charge in [-0.25, -0.2) is 4.39 Å². The molecule has 1 heterocycles. The molecule has 0 amide bonds. The van der Waals surface area contributed by atoms with E-state index in [2.05, 4.69) is 12.7 Å². The van der Waals surface area contributed by atoms with Gasteiger partial charge in [-0.15, -0.1) is 6.58 Å². The van der Waals surface area contributed by atoms with E-state index >= 15 is 0 Å². The smallest absolute Gasteiger partial charge is 0.309 e. The van der Waals surface area contributed by atoms with E-state index in [-0.39, 0.29) is 35.6 Å². The Bertz CT molecular complexity index is 807. The molecular formula is C27H36F2O3. The lowest BCUT2D eigenvalue weighted by Gasteiger charge is -2.40. The summed E-state index contributed by atoms with van der Waals surface area (Å²) in [6, 6.07) is 3.19. The van der Waals surface area contributed by atoms with Crippen molar-refractivity contribution in [2.45, 2.75) is 83.2 Å². The van der Waals surface area contributed by atoms with Gasteiger partial charge in [0.25, 0.3) is 0 Å². The van der Waals surface area contributed by atoms with Gasteiger partial charge in [0.05, 0.1) is 12.5 Å². The van der Waals surface area contributed by atoms with Gasteiger partial charge in [0.1, 0.15) is 6.10 Å². The zero-order chi connectivity index (χ0) is 22.7. The van der Waals surface area contributed by atoms with Crippen LogP contribution in [-0.4, -0.2) is 18.7 Å². The first-order valence-electron chi connectivity index (χ1n) is 12.5. The number of esters is 1. The van der Waals surface area contributed by atoms with E-state index in [1.807, 2.05) is 0 Å². The number of carbonyl (C=O) groups is 1. The van der Waals surface area contributed by atoms with E-state index < -0.39 is 11.6 Å². The molecule has 2 atom stereocenters. The quantitative estimate of drug-likeness (QED) is 0.350. The highest BCUT2D eigenvalue weighted by molar-refractivity contribution is 5.73. The number of cyclic esters (lactones) is 1. The fourth-order valence-corrected chi connectivity index (χ4v) is 6.23. The number of benzene rings is 1. The predicted octanol–water partition coefficient (Wildman–Crippen LogP) is 6.95. The molecule has 0 spiro atoms. The SMILES string of the molecule is C=CC1CCC(C2CCC(C3CCC(c4ccc(OCC)c(F)c4F)CC3)C(=O)O2)CC1. The zero-order valence-electron chi connectivity index (χ0n) is 19.2. The summed E-state index contributed by atoms with van der Waals surface area (Å²) in [5, 5.41) is 0. The van der Waals surface area contributed by atoms with Crippen LogP contribution >= 0.6 is 0 Å². The molecule has 0 radical (unpaired) electrons. The molecule has 2 saturated carbocycles. The Balaban J connectivity index is 1.30. The second kappa shape index (κ2) is 10.4. The summed E-state index contributed by atoms with van der Waals surface area (Å²) in [4.78, 5) is 12.9. The molecule has 1 aromatic rings. The molecule has 0 N–H and O–H groups in total. The number of carbonyl (C=O) groups excluding carboxylic acids is 1. The van der Waals surface area contributed by atoms with Crippen molar-refractivity contribution >= 4 is 5.97 Å². The molecule has 3 nitrogen and oxygen atoms in total. The Labute approximate surface area is 190 Å². The minimum Gasteiger partial charge on any atom is -0.491 e. The Hall–Kier alpha value is -1.91. The van der Waals surface area contributed by atoms with Gasteiger partial charge in [-0.05, 0) is 106 Å². The average Bonchev–Trinajstić information content (AvgIpc) is 2.82. The third-order valence-corrected chi connectivity index (χ3v) is 8.17. The van der Waals surface area contributed by atoms with Crippen molar-refractivity contribution in [1.29, 1.82) is 0 Å². The monoisotopic (exact) mass is 446 g/mol. The van der Waals surface area contributed by atoms with Crippen LogP contribution in [0.2, 0.25) is 0 Å². The summed E-state index contributed by atoms with van der Waals surface area (Å²) in [6.07, 6.45) is 11.8. The third kappa shape index (κ3) is 4.87. The Morgan fingerprint density at radius 2 is 1.66 bits per heavy atom. The molecule has 1 aliphatic heterocycles. The molecule has 5 heteroatoms. The van der Waals surface area contributed by atoms with Crippen LogP contribution < -0.4 is 4.74 Å². The maximum atomic E-state index is 14.6. The van der Waals surface area contributed by atoms with Crippen LogP contribution in [0.3, 0.4) is 0 Å². The predicted molar refractivity (Wildman–Crippen MR) is 120 cm³/mol. The highest BCUT2D eigenvalue weighted by Gasteiger charge is 2.40. The number of ether oxygens (including phenoxy) is 2. The fourth-order valence-electron chi connectivity index (χ4n) is 6.23. The minimum atomic E-state index is -0.893. The third-order valence-electron chi connectivity index (χ3n) is 8.17. The van der Waals surface area contributed by atoms with Crippen LogP contribution in [0.15, 0.2) is 24.8 Å². The van der Waals surface area contributed by atoms with Crippen LogP contribution in [0.5, 0.6) is 5.75 Å². The zero-order valence-corrected chi connectivity index (χ0v) is 19.2.